The smallest absolute Gasteiger partial charge is 0.410 e. The summed E-state index contributed by atoms with van der Waals surface area (Å²) in [5.74, 6) is 0. The summed E-state index contributed by atoms with van der Waals surface area (Å²) in [4.78, 5) is 19.5. The third kappa shape index (κ3) is 5.23. The summed E-state index contributed by atoms with van der Waals surface area (Å²) in [6.07, 6.45) is 1.62. The summed E-state index contributed by atoms with van der Waals surface area (Å²) in [5, 5.41) is 4.44. The molecule has 0 aromatic carbocycles. The standard InChI is InChI=1S/C15H25N3O3S/c1-11-17-9-13(22-11)8-16-7-12-10-20-6-5-18(12)14(19)21-15(2,3)4/h9,12,16H,5-8,10H2,1-4H3. The lowest BCUT2D eigenvalue weighted by atomic mass is 10.2. The quantitative estimate of drug-likeness (QED) is 0.918. The second kappa shape index (κ2) is 7.39. The Kier molecular flexibility index (Phi) is 5.77. The highest BCUT2D eigenvalue weighted by atomic mass is 32.1. The van der Waals surface area contributed by atoms with E-state index in [9.17, 15) is 4.79 Å². The van der Waals surface area contributed by atoms with Crippen molar-refractivity contribution in [3.8, 4) is 0 Å². The maximum atomic E-state index is 12.3. The van der Waals surface area contributed by atoms with Crippen LogP contribution in [0.3, 0.4) is 0 Å². The second-order valence-corrected chi connectivity index (χ2v) is 7.70. The topological polar surface area (TPSA) is 63.7 Å². The van der Waals surface area contributed by atoms with Crippen LogP contribution in [0, 0.1) is 6.92 Å². The van der Waals surface area contributed by atoms with Gasteiger partial charge in [-0.05, 0) is 27.7 Å². The minimum absolute atomic E-state index is 0.00221. The van der Waals surface area contributed by atoms with Crippen molar-refractivity contribution >= 4 is 17.4 Å². The van der Waals surface area contributed by atoms with E-state index in [0.717, 1.165) is 11.6 Å². The number of ether oxygens (including phenoxy) is 2. The normalized spacial score (nSPS) is 19.3. The first-order chi connectivity index (χ1) is 10.3. The van der Waals surface area contributed by atoms with E-state index in [1.54, 1.807) is 16.2 Å². The van der Waals surface area contributed by atoms with Crippen LogP contribution in [0.4, 0.5) is 4.79 Å². The molecule has 1 atom stereocenters. The maximum Gasteiger partial charge on any atom is 0.410 e. The number of morpholine rings is 1. The van der Waals surface area contributed by atoms with Crippen molar-refractivity contribution in [2.75, 3.05) is 26.3 Å². The molecule has 6 nitrogen and oxygen atoms in total. The van der Waals surface area contributed by atoms with Crippen molar-refractivity contribution in [3.63, 3.8) is 0 Å². The van der Waals surface area contributed by atoms with Gasteiger partial charge in [0.15, 0.2) is 0 Å². The lowest BCUT2D eigenvalue weighted by Gasteiger charge is -2.36. The highest BCUT2D eigenvalue weighted by Gasteiger charge is 2.30. The molecule has 2 heterocycles. The van der Waals surface area contributed by atoms with Crippen molar-refractivity contribution in [1.82, 2.24) is 15.2 Å². The molecule has 0 aliphatic carbocycles. The molecule has 0 radical (unpaired) electrons. The first kappa shape index (κ1) is 17.2. The molecule has 0 spiro atoms. The van der Waals surface area contributed by atoms with Crippen LogP contribution in [0.15, 0.2) is 6.20 Å². The van der Waals surface area contributed by atoms with E-state index >= 15 is 0 Å². The summed E-state index contributed by atoms with van der Waals surface area (Å²) in [7, 11) is 0. The van der Waals surface area contributed by atoms with Crippen molar-refractivity contribution in [3.05, 3.63) is 16.1 Å². The second-order valence-electron chi connectivity index (χ2n) is 6.38. The van der Waals surface area contributed by atoms with Crippen LogP contribution in [0.1, 0.15) is 30.7 Å². The number of carbonyl (C=O) groups is 1. The third-order valence-corrected chi connectivity index (χ3v) is 4.12. The minimum Gasteiger partial charge on any atom is -0.444 e. The van der Waals surface area contributed by atoms with Gasteiger partial charge in [-0.2, -0.15) is 0 Å². The molecule has 1 aromatic heterocycles. The zero-order valence-electron chi connectivity index (χ0n) is 13.7. The number of thiazole rings is 1. The fraction of sp³-hybridized carbons (Fsp3) is 0.733. The SMILES string of the molecule is Cc1ncc(CNCC2COCCN2C(=O)OC(C)(C)C)s1. The maximum absolute atomic E-state index is 12.3. The van der Waals surface area contributed by atoms with Crippen molar-refractivity contribution in [2.45, 2.75) is 45.9 Å². The highest BCUT2D eigenvalue weighted by molar-refractivity contribution is 7.11. The summed E-state index contributed by atoms with van der Waals surface area (Å²) in [6.45, 7) is 10.7. The van der Waals surface area contributed by atoms with Crippen LogP contribution < -0.4 is 5.32 Å². The highest BCUT2D eigenvalue weighted by Crippen LogP contribution is 2.15. The van der Waals surface area contributed by atoms with E-state index in [0.29, 0.717) is 26.3 Å². The van der Waals surface area contributed by atoms with Crippen LogP contribution in [-0.2, 0) is 16.0 Å². The Morgan fingerprint density at radius 1 is 1.59 bits per heavy atom. The summed E-state index contributed by atoms with van der Waals surface area (Å²) >= 11 is 1.68. The van der Waals surface area contributed by atoms with Crippen molar-refractivity contribution in [2.24, 2.45) is 0 Å². The van der Waals surface area contributed by atoms with Gasteiger partial charge in [0.05, 0.1) is 24.3 Å². The van der Waals surface area contributed by atoms with Crippen molar-refractivity contribution < 1.29 is 14.3 Å². The molecule has 1 N–H and O–H groups in total. The number of nitrogens with zero attached hydrogens (tertiary/aromatic N) is 2. The Labute approximate surface area is 135 Å². The lowest BCUT2D eigenvalue weighted by Crippen LogP contribution is -2.53. The third-order valence-electron chi connectivity index (χ3n) is 3.20. The van der Waals surface area contributed by atoms with Crippen LogP contribution in [0.5, 0.6) is 0 Å². The summed E-state index contributed by atoms with van der Waals surface area (Å²) in [6, 6.07) is -0.00221. The zero-order valence-corrected chi connectivity index (χ0v) is 14.5. The Morgan fingerprint density at radius 3 is 3.00 bits per heavy atom. The van der Waals surface area contributed by atoms with Gasteiger partial charge in [-0.3, -0.25) is 4.90 Å². The first-order valence-electron chi connectivity index (χ1n) is 7.54. The monoisotopic (exact) mass is 327 g/mol. The lowest BCUT2D eigenvalue weighted by molar-refractivity contribution is -0.0317. The molecule has 1 amide bonds. The van der Waals surface area contributed by atoms with Gasteiger partial charge in [-0.25, -0.2) is 9.78 Å². The number of rotatable bonds is 4. The van der Waals surface area contributed by atoms with Gasteiger partial charge in [0.1, 0.15) is 5.60 Å². The zero-order chi connectivity index (χ0) is 16.2. The average Bonchev–Trinajstić information content (AvgIpc) is 2.83. The van der Waals surface area contributed by atoms with E-state index in [4.69, 9.17) is 9.47 Å². The molecular weight excluding hydrogens is 302 g/mol. The molecule has 2 rings (SSSR count). The Balaban J connectivity index is 1.85. The van der Waals surface area contributed by atoms with E-state index in [-0.39, 0.29) is 12.1 Å². The van der Waals surface area contributed by atoms with Gasteiger partial charge in [0.25, 0.3) is 0 Å². The van der Waals surface area contributed by atoms with E-state index < -0.39 is 5.60 Å². The number of carbonyl (C=O) groups excluding carboxylic acids is 1. The Bertz CT molecular complexity index is 498. The Hall–Kier alpha value is -1.18. The molecule has 124 valence electrons. The first-order valence-corrected chi connectivity index (χ1v) is 8.36. The van der Waals surface area contributed by atoms with Gasteiger partial charge in [-0.1, -0.05) is 0 Å². The number of hydrogen-bond acceptors (Lipinski definition) is 6. The van der Waals surface area contributed by atoms with Crippen molar-refractivity contribution in [1.29, 1.82) is 0 Å². The number of nitrogens with one attached hydrogen (secondary N) is 1. The molecule has 7 heteroatoms. The van der Waals surface area contributed by atoms with E-state index in [2.05, 4.69) is 10.3 Å². The molecule has 1 aromatic rings. The average molecular weight is 327 g/mol. The van der Waals surface area contributed by atoms with E-state index in [1.807, 2.05) is 33.9 Å². The molecule has 1 saturated heterocycles. The van der Waals surface area contributed by atoms with Crippen LogP contribution in [0.2, 0.25) is 0 Å². The molecule has 1 fully saturated rings. The van der Waals surface area contributed by atoms with E-state index in [1.165, 1.54) is 4.88 Å². The molecule has 0 bridgehead atoms. The molecule has 1 unspecified atom stereocenters. The number of aryl methyl sites for hydroxylation is 1. The predicted octanol–water partition coefficient (Wildman–Crippen LogP) is 2.18. The molecule has 1 aliphatic heterocycles. The molecule has 1 aliphatic rings. The largest absolute Gasteiger partial charge is 0.444 e. The van der Waals surface area contributed by atoms with Crippen LogP contribution in [0.25, 0.3) is 0 Å². The minimum atomic E-state index is -0.479. The fourth-order valence-corrected chi connectivity index (χ4v) is 3.00. The molecular formula is C15H25N3O3S. The number of aromatic nitrogens is 1. The fourth-order valence-electron chi connectivity index (χ4n) is 2.23. The summed E-state index contributed by atoms with van der Waals surface area (Å²) in [5.41, 5.74) is -0.479. The Morgan fingerprint density at radius 2 is 2.36 bits per heavy atom. The van der Waals surface area contributed by atoms with Gasteiger partial charge < -0.3 is 14.8 Å². The molecule has 22 heavy (non-hydrogen) atoms. The summed E-state index contributed by atoms with van der Waals surface area (Å²) < 4.78 is 11.0. The van der Waals surface area contributed by atoms with Gasteiger partial charge in [0.2, 0.25) is 0 Å². The predicted molar refractivity (Wildman–Crippen MR) is 86.1 cm³/mol. The van der Waals surface area contributed by atoms with Crippen LogP contribution in [-0.4, -0.2) is 53.9 Å². The molecule has 0 saturated carbocycles. The number of hydrogen-bond donors (Lipinski definition) is 1. The number of amides is 1. The van der Waals surface area contributed by atoms with Gasteiger partial charge in [0, 0.05) is 30.7 Å². The van der Waals surface area contributed by atoms with Crippen LogP contribution >= 0.6 is 11.3 Å². The van der Waals surface area contributed by atoms with Gasteiger partial charge >= 0.3 is 6.09 Å². The van der Waals surface area contributed by atoms with Gasteiger partial charge in [-0.15, -0.1) is 11.3 Å².